The lowest BCUT2D eigenvalue weighted by molar-refractivity contribution is -0.133. The molecule has 0 aromatic heterocycles. The highest BCUT2D eigenvalue weighted by atomic mass is 16.5. The van der Waals surface area contributed by atoms with Crippen LogP contribution in [0.3, 0.4) is 0 Å². The third-order valence-corrected chi connectivity index (χ3v) is 3.56. The van der Waals surface area contributed by atoms with Gasteiger partial charge in [-0.1, -0.05) is 24.3 Å². The maximum absolute atomic E-state index is 11.3. The Balaban J connectivity index is 1.87. The Hall–Kier alpha value is -1.35. The Kier molecular flexibility index (Phi) is 4.37. The summed E-state index contributed by atoms with van der Waals surface area (Å²) in [5.41, 5.74) is 2.49. The second-order valence-electron chi connectivity index (χ2n) is 4.97. The molecule has 1 aliphatic rings. The topological polar surface area (TPSA) is 29.5 Å². The zero-order chi connectivity index (χ0) is 13.0. The largest absolute Gasteiger partial charge is 0.372 e. The number of nitrogens with zero attached hydrogens (tertiary/aromatic N) is 1. The number of rotatable bonds is 3. The van der Waals surface area contributed by atoms with Gasteiger partial charge in [0.15, 0.2) is 0 Å². The van der Waals surface area contributed by atoms with Crippen LogP contribution < -0.4 is 0 Å². The first-order valence-electron chi connectivity index (χ1n) is 6.58. The molecule has 1 amide bonds. The molecule has 1 saturated heterocycles. The van der Waals surface area contributed by atoms with Gasteiger partial charge in [0.25, 0.3) is 0 Å². The molecule has 98 valence electrons. The van der Waals surface area contributed by atoms with Gasteiger partial charge in [-0.2, -0.15) is 0 Å². The molecule has 0 spiro atoms. The molecule has 1 fully saturated rings. The number of hydrogen-bond acceptors (Lipinski definition) is 2. The zero-order valence-electron chi connectivity index (χ0n) is 11.2. The number of benzene rings is 1. The monoisotopic (exact) mass is 247 g/mol. The van der Waals surface area contributed by atoms with Crippen LogP contribution in [-0.4, -0.2) is 30.0 Å². The standard InChI is InChI=1S/C15H21NO2/c1-12-6-3-4-7-14(12)11-18-15-8-5-9-16(10-15)13(2)17/h3-4,6-7,15H,5,8-11H2,1-2H3. The van der Waals surface area contributed by atoms with Crippen molar-refractivity contribution < 1.29 is 9.53 Å². The van der Waals surface area contributed by atoms with Gasteiger partial charge in [0.1, 0.15) is 0 Å². The SMILES string of the molecule is CC(=O)N1CCCC(OCc2ccccc2C)C1. The fourth-order valence-corrected chi connectivity index (χ4v) is 2.34. The summed E-state index contributed by atoms with van der Waals surface area (Å²) < 4.78 is 5.94. The number of ether oxygens (including phenoxy) is 1. The van der Waals surface area contributed by atoms with Crippen LogP contribution in [-0.2, 0) is 16.1 Å². The Morgan fingerprint density at radius 3 is 2.94 bits per heavy atom. The molecule has 1 unspecified atom stereocenters. The van der Waals surface area contributed by atoms with Crippen LogP contribution >= 0.6 is 0 Å². The smallest absolute Gasteiger partial charge is 0.219 e. The Bertz CT molecular complexity index is 417. The van der Waals surface area contributed by atoms with Crippen molar-refractivity contribution >= 4 is 5.91 Å². The molecule has 0 saturated carbocycles. The van der Waals surface area contributed by atoms with Crippen molar-refractivity contribution in [2.24, 2.45) is 0 Å². The summed E-state index contributed by atoms with van der Waals surface area (Å²) in [5.74, 6) is 0.152. The van der Waals surface area contributed by atoms with E-state index >= 15 is 0 Å². The van der Waals surface area contributed by atoms with Gasteiger partial charge in [0, 0.05) is 20.0 Å². The minimum Gasteiger partial charge on any atom is -0.372 e. The van der Waals surface area contributed by atoms with Crippen LogP contribution in [0.5, 0.6) is 0 Å². The van der Waals surface area contributed by atoms with Gasteiger partial charge in [-0.3, -0.25) is 4.79 Å². The maximum Gasteiger partial charge on any atom is 0.219 e. The number of carbonyl (C=O) groups is 1. The van der Waals surface area contributed by atoms with E-state index in [1.165, 1.54) is 11.1 Å². The molecule has 0 N–H and O–H groups in total. The van der Waals surface area contributed by atoms with Crippen LogP contribution in [0.25, 0.3) is 0 Å². The maximum atomic E-state index is 11.3. The van der Waals surface area contributed by atoms with Gasteiger partial charge >= 0.3 is 0 Å². The number of amides is 1. The highest BCUT2D eigenvalue weighted by Crippen LogP contribution is 2.16. The molecule has 1 aliphatic heterocycles. The van der Waals surface area contributed by atoms with E-state index in [9.17, 15) is 4.79 Å². The lowest BCUT2D eigenvalue weighted by Crippen LogP contribution is -2.42. The first-order valence-corrected chi connectivity index (χ1v) is 6.58. The summed E-state index contributed by atoms with van der Waals surface area (Å²) >= 11 is 0. The average molecular weight is 247 g/mol. The van der Waals surface area contributed by atoms with Crippen molar-refractivity contribution in [2.75, 3.05) is 13.1 Å². The number of aryl methyl sites for hydroxylation is 1. The number of carbonyl (C=O) groups excluding carboxylic acids is 1. The first kappa shape index (κ1) is 13.1. The summed E-state index contributed by atoms with van der Waals surface area (Å²) in [6, 6.07) is 8.27. The minimum absolute atomic E-state index is 0.152. The molecule has 3 nitrogen and oxygen atoms in total. The molecule has 2 rings (SSSR count). The van der Waals surface area contributed by atoms with E-state index in [-0.39, 0.29) is 12.0 Å². The van der Waals surface area contributed by atoms with Crippen LogP contribution in [0, 0.1) is 6.92 Å². The first-order chi connectivity index (χ1) is 8.66. The highest BCUT2D eigenvalue weighted by Gasteiger charge is 2.21. The van der Waals surface area contributed by atoms with Crippen LogP contribution in [0.15, 0.2) is 24.3 Å². The van der Waals surface area contributed by atoms with E-state index < -0.39 is 0 Å². The predicted octanol–water partition coefficient (Wildman–Crippen LogP) is 2.52. The van der Waals surface area contributed by atoms with E-state index in [1.807, 2.05) is 17.0 Å². The van der Waals surface area contributed by atoms with Gasteiger partial charge in [-0.15, -0.1) is 0 Å². The van der Waals surface area contributed by atoms with Crippen molar-refractivity contribution in [1.29, 1.82) is 0 Å². The van der Waals surface area contributed by atoms with Crippen molar-refractivity contribution in [3.05, 3.63) is 35.4 Å². The van der Waals surface area contributed by atoms with Crippen molar-refractivity contribution in [3.8, 4) is 0 Å². The second-order valence-corrected chi connectivity index (χ2v) is 4.97. The highest BCUT2D eigenvalue weighted by molar-refractivity contribution is 5.73. The van der Waals surface area contributed by atoms with Crippen LogP contribution in [0.1, 0.15) is 30.9 Å². The summed E-state index contributed by atoms with van der Waals surface area (Å²) in [4.78, 5) is 13.2. The van der Waals surface area contributed by atoms with E-state index in [4.69, 9.17) is 4.74 Å². The molecule has 0 aliphatic carbocycles. The Morgan fingerprint density at radius 1 is 1.44 bits per heavy atom. The quantitative estimate of drug-likeness (QED) is 0.821. The minimum atomic E-state index is 0.152. The lowest BCUT2D eigenvalue weighted by Gasteiger charge is -2.32. The van der Waals surface area contributed by atoms with Gasteiger partial charge < -0.3 is 9.64 Å². The Labute approximate surface area is 109 Å². The molecular weight excluding hydrogens is 226 g/mol. The zero-order valence-corrected chi connectivity index (χ0v) is 11.2. The normalized spacial score (nSPS) is 19.9. The van der Waals surface area contributed by atoms with Gasteiger partial charge in [-0.25, -0.2) is 0 Å². The van der Waals surface area contributed by atoms with Crippen LogP contribution in [0.2, 0.25) is 0 Å². The molecule has 1 atom stereocenters. The summed E-state index contributed by atoms with van der Waals surface area (Å²) in [6.45, 7) is 5.98. The summed E-state index contributed by atoms with van der Waals surface area (Å²) in [7, 11) is 0. The third kappa shape index (κ3) is 3.33. The van der Waals surface area contributed by atoms with E-state index in [1.54, 1.807) is 6.92 Å². The van der Waals surface area contributed by atoms with Crippen molar-refractivity contribution in [3.63, 3.8) is 0 Å². The van der Waals surface area contributed by atoms with E-state index in [2.05, 4.69) is 19.1 Å². The van der Waals surface area contributed by atoms with Gasteiger partial charge in [0.2, 0.25) is 5.91 Å². The molecule has 1 heterocycles. The molecule has 0 bridgehead atoms. The number of likely N-dealkylation sites (tertiary alicyclic amines) is 1. The van der Waals surface area contributed by atoms with E-state index in [0.29, 0.717) is 6.61 Å². The van der Waals surface area contributed by atoms with E-state index in [0.717, 1.165) is 25.9 Å². The third-order valence-electron chi connectivity index (χ3n) is 3.56. The average Bonchev–Trinajstić information content (AvgIpc) is 2.38. The molecule has 3 heteroatoms. The number of piperidine rings is 1. The van der Waals surface area contributed by atoms with Crippen LogP contribution in [0.4, 0.5) is 0 Å². The summed E-state index contributed by atoms with van der Waals surface area (Å²) in [5, 5.41) is 0. The molecule has 0 radical (unpaired) electrons. The molecule has 1 aromatic carbocycles. The fourth-order valence-electron chi connectivity index (χ4n) is 2.34. The second kappa shape index (κ2) is 6.01. The molecule has 1 aromatic rings. The van der Waals surface area contributed by atoms with Gasteiger partial charge in [-0.05, 0) is 30.9 Å². The molecule has 18 heavy (non-hydrogen) atoms. The predicted molar refractivity (Wildman–Crippen MR) is 71.2 cm³/mol. The Morgan fingerprint density at radius 2 is 2.22 bits per heavy atom. The van der Waals surface area contributed by atoms with Crippen molar-refractivity contribution in [1.82, 2.24) is 4.90 Å². The summed E-state index contributed by atoms with van der Waals surface area (Å²) in [6.07, 6.45) is 2.27. The van der Waals surface area contributed by atoms with Gasteiger partial charge in [0.05, 0.1) is 12.7 Å². The molecular formula is C15H21NO2. The lowest BCUT2D eigenvalue weighted by atomic mass is 10.1. The van der Waals surface area contributed by atoms with Crippen molar-refractivity contribution in [2.45, 2.75) is 39.4 Å². The fraction of sp³-hybridized carbons (Fsp3) is 0.533. The number of hydrogen-bond donors (Lipinski definition) is 0.